The van der Waals surface area contributed by atoms with Crippen LogP contribution in [-0.4, -0.2) is 16.1 Å². The molecule has 3 nitrogen and oxygen atoms in total. The van der Waals surface area contributed by atoms with Gasteiger partial charge in [-0.2, -0.15) is 13.2 Å². The van der Waals surface area contributed by atoms with Gasteiger partial charge in [0.2, 0.25) is 0 Å². The maximum absolute atomic E-state index is 12.7. The summed E-state index contributed by atoms with van der Waals surface area (Å²) in [7, 11) is 0. The number of aromatic carboxylic acids is 1. The molecule has 1 aliphatic carbocycles. The molecule has 1 aromatic rings. The molecule has 0 spiro atoms. The zero-order chi connectivity index (χ0) is 13.5. The van der Waals surface area contributed by atoms with Crippen LogP contribution in [0.4, 0.5) is 13.2 Å². The van der Waals surface area contributed by atoms with Gasteiger partial charge >= 0.3 is 12.1 Å². The SMILES string of the molecule is CCc1nc(C(F)(F)F)cc(C2CC2)c1C(=O)O. The second kappa shape index (κ2) is 4.26. The fraction of sp³-hybridized carbons (Fsp3) is 0.500. The number of rotatable bonds is 3. The molecule has 1 heterocycles. The van der Waals surface area contributed by atoms with Gasteiger partial charge in [-0.15, -0.1) is 0 Å². The molecule has 0 bridgehead atoms. The van der Waals surface area contributed by atoms with Crippen molar-refractivity contribution < 1.29 is 23.1 Å². The molecule has 98 valence electrons. The smallest absolute Gasteiger partial charge is 0.433 e. The van der Waals surface area contributed by atoms with Gasteiger partial charge in [0.15, 0.2) is 0 Å². The Hall–Kier alpha value is -1.59. The maximum Gasteiger partial charge on any atom is 0.433 e. The van der Waals surface area contributed by atoms with Gasteiger partial charge in [-0.1, -0.05) is 6.92 Å². The van der Waals surface area contributed by atoms with Gasteiger partial charge in [0.05, 0.1) is 11.3 Å². The van der Waals surface area contributed by atoms with Crippen molar-refractivity contribution in [2.45, 2.75) is 38.3 Å². The third kappa shape index (κ3) is 2.32. The third-order valence-electron chi connectivity index (χ3n) is 2.98. The van der Waals surface area contributed by atoms with E-state index >= 15 is 0 Å². The van der Waals surface area contributed by atoms with Crippen molar-refractivity contribution in [2.75, 3.05) is 0 Å². The number of pyridine rings is 1. The molecule has 0 amide bonds. The second-order valence-corrected chi connectivity index (χ2v) is 4.35. The van der Waals surface area contributed by atoms with E-state index in [9.17, 15) is 18.0 Å². The van der Waals surface area contributed by atoms with E-state index in [1.807, 2.05) is 0 Å². The summed E-state index contributed by atoms with van der Waals surface area (Å²) in [6, 6.07) is 0.889. The fourth-order valence-corrected chi connectivity index (χ4v) is 1.98. The minimum absolute atomic E-state index is 0.0132. The van der Waals surface area contributed by atoms with Crippen LogP contribution in [0.15, 0.2) is 6.07 Å². The lowest BCUT2D eigenvalue weighted by molar-refractivity contribution is -0.141. The van der Waals surface area contributed by atoms with E-state index in [0.717, 1.165) is 18.9 Å². The number of carbonyl (C=O) groups is 1. The molecule has 1 aromatic heterocycles. The summed E-state index contributed by atoms with van der Waals surface area (Å²) < 4.78 is 38.1. The maximum atomic E-state index is 12.7. The largest absolute Gasteiger partial charge is 0.478 e. The van der Waals surface area contributed by atoms with E-state index in [4.69, 9.17) is 5.11 Å². The first kappa shape index (κ1) is 12.9. The number of carboxylic acid groups (broad SMARTS) is 1. The van der Waals surface area contributed by atoms with Crippen molar-refractivity contribution >= 4 is 5.97 Å². The summed E-state index contributed by atoms with van der Waals surface area (Å²) >= 11 is 0. The summed E-state index contributed by atoms with van der Waals surface area (Å²) in [5.41, 5.74) is -0.750. The molecule has 0 radical (unpaired) electrons. The topological polar surface area (TPSA) is 50.2 Å². The van der Waals surface area contributed by atoms with E-state index in [0.29, 0.717) is 0 Å². The minimum Gasteiger partial charge on any atom is -0.478 e. The number of aryl methyl sites for hydroxylation is 1. The Balaban J connectivity index is 2.63. The molecule has 0 atom stereocenters. The Labute approximate surface area is 102 Å². The number of halogens is 3. The molecule has 0 saturated heterocycles. The van der Waals surface area contributed by atoms with E-state index in [1.165, 1.54) is 0 Å². The monoisotopic (exact) mass is 259 g/mol. The van der Waals surface area contributed by atoms with Crippen LogP contribution in [0.3, 0.4) is 0 Å². The Morgan fingerprint density at radius 1 is 1.50 bits per heavy atom. The molecule has 0 aliphatic heterocycles. The summed E-state index contributed by atoms with van der Waals surface area (Å²) in [5, 5.41) is 9.13. The quantitative estimate of drug-likeness (QED) is 0.906. The summed E-state index contributed by atoms with van der Waals surface area (Å²) in [4.78, 5) is 14.6. The number of carboxylic acids is 1. The van der Waals surface area contributed by atoms with Crippen LogP contribution in [0, 0.1) is 0 Å². The first-order chi connectivity index (χ1) is 8.34. The van der Waals surface area contributed by atoms with Crippen LogP contribution in [0.2, 0.25) is 0 Å². The predicted octanol–water partition coefficient (Wildman–Crippen LogP) is 3.24. The average Bonchev–Trinajstić information content (AvgIpc) is 3.09. The van der Waals surface area contributed by atoms with E-state index in [2.05, 4.69) is 4.98 Å². The first-order valence-electron chi connectivity index (χ1n) is 5.69. The highest BCUT2D eigenvalue weighted by Crippen LogP contribution is 2.44. The van der Waals surface area contributed by atoms with Crippen molar-refractivity contribution in [2.24, 2.45) is 0 Å². The number of nitrogens with zero attached hydrogens (tertiary/aromatic N) is 1. The van der Waals surface area contributed by atoms with Gasteiger partial charge in [0.1, 0.15) is 5.69 Å². The molecule has 1 aliphatic rings. The highest BCUT2D eigenvalue weighted by atomic mass is 19.4. The molecule has 0 aromatic carbocycles. The molecule has 1 N–H and O–H groups in total. The standard InChI is InChI=1S/C12H12F3NO2/c1-2-8-10(11(17)18)7(6-3-4-6)5-9(16-8)12(13,14)15/h5-6H,2-4H2,1H3,(H,17,18). The third-order valence-corrected chi connectivity index (χ3v) is 2.98. The minimum atomic E-state index is -4.54. The Morgan fingerprint density at radius 3 is 2.50 bits per heavy atom. The number of alkyl halides is 3. The average molecular weight is 259 g/mol. The predicted molar refractivity (Wildman–Crippen MR) is 57.6 cm³/mol. The number of hydrogen-bond donors (Lipinski definition) is 1. The van der Waals surface area contributed by atoms with Gasteiger partial charge < -0.3 is 5.11 Å². The van der Waals surface area contributed by atoms with Crippen molar-refractivity contribution in [1.82, 2.24) is 4.98 Å². The molecule has 18 heavy (non-hydrogen) atoms. The second-order valence-electron chi connectivity index (χ2n) is 4.35. The highest BCUT2D eigenvalue weighted by Gasteiger charge is 2.37. The lowest BCUT2D eigenvalue weighted by Gasteiger charge is -2.14. The molecule has 0 unspecified atom stereocenters. The lowest BCUT2D eigenvalue weighted by atomic mass is 9.99. The number of aromatic nitrogens is 1. The van der Waals surface area contributed by atoms with Crippen LogP contribution in [0.5, 0.6) is 0 Å². The fourth-order valence-electron chi connectivity index (χ4n) is 1.98. The van der Waals surface area contributed by atoms with Crippen molar-refractivity contribution in [3.63, 3.8) is 0 Å². The van der Waals surface area contributed by atoms with Crippen molar-refractivity contribution in [3.05, 3.63) is 28.6 Å². The van der Waals surface area contributed by atoms with Crippen molar-refractivity contribution in [1.29, 1.82) is 0 Å². The Kier molecular flexibility index (Phi) is 3.04. The van der Waals surface area contributed by atoms with Gasteiger partial charge in [0.25, 0.3) is 0 Å². The molecular weight excluding hydrogens is 247 g/mol. The molecular formula is C12H12F3NO2. The molecule has 1 fully saturated rings. The summed E-state index contributed by atoms with van der Waals surface area (Å²) in [5.74, 6) is -1.26. The molecule has 1 saturated carbocycles. The first-order valence-corrected chi connectivity index (χ1v) is 5.69. The normalized spacial score (nSPS) is 15.8. The lowest BCUT2D eigenvalue weighted by Crippen LogP contribution is -2.15. The van der Waals surface area contributed by atoms with Gasteiger partial charge in [-0.05, 0) is 36.8 Å². The van der Waals surface area contributed by atoms with Crippen LogP contribution in [-0.2, 0) is 12.6 Å². The van der Waals surface area contributed by atoms with Crippen LogP contribution < -0.4 is 0 Å². The molecule has 2 rings (SSSR count). The summed E-state index contributed by atoms with van der Waals surface area (Å²) in [6.45, 7) is 1.60. The summed E-state index contributed by atoms with van der Waals surface area (Å²) in [6.07, 6.45) is -2.88. The molecule has 6 heteroatoms. The van der Waals surface area contributed by atoms with Gasteiger partial charge in [-0.3, -0.25) is 0 Å². The van der Waals surface area contributed by atoms with E-state index in [1.54, 1.807) is 6.92 Å². The zero-order valence-corrected chi connectivity index (χ0v) is 9.71. The van der Waals surface area contributed by atoms with Gasteiger partial charge in [-0.25, -0.2) is 9.78 Å². The van der Waals surface area contributed by atoms with Crippen LogP contribution >= 0.6 is 0 Å². The highest BCUT2D eigenvalue weighted by molar-refractivity contribution is 5.91. The van der Waals surface area contributed by atoms with Crippen molar-refractivity contribution in [3.8, 4) is 0 Å². The Bertz CT molecular complexity index is 493. The number of hydrogen-bond acceptors (Lipinski definition) is 2. The van der Waals surface area contributed by atoms with Crippen LogP contribution in [0.1, 0.15) is 53.0 Å². The van der Waals surface area contributed by atoms with E-state index < -0.39 is 17.8 Å². The van der Waals surface area contributed by atoms with Gasteiger partial charge in [0, 0.05) is 0 Å². The zero-order valence-electron chi connectivity index (χ0n) is 9.71. The van der Waals surface area contributed by atoms with Crippen LogP contribution in [0.25, 0.3) is 0 Å². The Morgan fingerprint density at radius 2 is 2.11 bits per heavy atom. The van der Waals surface area contributed by atoms with E-state index in [-0.39, 0.29) is 29.2 Å².